The van der Waals surface area contributed by atoms with Crippen LogP contribution in [-0.2, 0) is 34.5 Å². The lowest BCUT2D eigenvalue weighted by Gasteiger charge is -2.65. The largest absolute Gasteiger partial charge is 0.497 e. The van der Waals surface area contributed by atoms with Crippen LogP contribution in [0.2, 0.25) is 37.8 Å². The Bertz CT molecular complexity index is 1750. The van der Waals surface area contributed by atoms with Crippen molar-refractivity contribution in [1.29, 1.82) is 0 Å². The van der Waals surface area contributed by atoms with Gasteiger partial charge >= 0.3 is 5.97 Å². The fraction of sp³-hybridized carbons (Fsp3) is 0.651. The maximum atomic E-state index is 16.1. The summed E-state index contributed by atoms with van der Waals surface area (Å²) in [6.07, 6.45) is -5.74. The molecule has 2 aromatic carbocycles. The first-order valence-electron chi connectivity index (χ1n) is 19.8. The van der Waals surface area contributed by atoms with E-state index in [0.717, 1.165) is 5.56 Å². The van der Waals surface area contributed by atoms with Gasteiger partial charge in [-0.05, 0) is 80.9 Å². The lowest BCUT2D eigenvalue weighted by atomic mass is 9.44. The molecular formula is C43H64O11Si2. The van der Waals surface area contributed by atoms with Gasteiger partial charge in [-0.15, -0.1) is 0 Å². The molecule has 0 aliphatic heterocycles. The third-order valence-corrected chi connectivity index (χ3v) is 19.1. The normalized spacial score (nSPS) is 33.6. The second-order valence-corrected chi connectivity index (χ2v) is 28.7. The molecular weight excluding hydrogens is 749 g/mol. The van der Waals surface area contributed by atoms with Gasteiger partial charge in [-0.3, -0.25) is 9.59 Å². The van der Waals surface area contributed by atoms with Crippen molar-refractivity contribution in [3.8, 4) is 5.75 Å². The highest BCUT2D eigenvalue weighted by Gasteiger charge is 2.76. The zero-order chi connectivity index (χ0) is 41.9. The minimum Gasteiger partial charge on any atom is -0.497 e. The molecule has 9 atom stereocenters. The Labute approximate surface area is 334 Å². The van der Waals surface area contributed by atoms with E-state index >= 15 is 4.79 Å². The highest BCUT2D eigenvalue weighted by Crippen LogP contribution is 2.62. The Balaban J connectivity index is 1.82. The summed E-state index contributed by atoms with van der Waals surface area (Å²) < 4.78 is 32.0. The van der Waals surface area contributed by atoms with Crippen molar-refractivity contribution in [3.63, 3.8) is 0 Å². The Hall–Kier alpha value is -2.76. The Kier molecular flexibility index (Phi) is 12.2. The summed E-state index contributed by atoms with van der Waals surface area (Å²) in [7, 11) is -3.61. The third kappa shape index (κ3) is 7.74. The molecule has 2 bridgehead atoms. The van der Waals surface area contributed by atoms with Crippen LogP contribution in [0.25, 0.3) is 0 Å². The smallest absolute Gasteiger partial charge is 0.338 e. The molecule has 0 aromatic heterocycles. The molecule has 3 N–H and O–H groups in total. The van der Waals surface area contributed by atoms with Crippen molar-refractivity contribution in [1.82, 2.24) is 0 Å². The van der Waals surface area contributed by atoms with E-state index in [2.05, 4.69) is 20.8 Å². The standard InChI is InChI=1S/C43H64O11Si2/c1-39(2,3)56(11,12)54-33-24-32(45)42(48,26-52-55(8,9)10)35-37(53-38(47)28-16-14-13-15-17-28)43(49)31(44)23-22-30(40(43,4)5)34(36(46)41(33,35)6)51-25-27-18-20-29(50-7)21-19-27/h13-21,30,32-35,37,45,48-49H,22-26H2,1-12H3/t30-,32+,33+,34-,35?,37?,41-,42+,43-/m1/s1. The molecule has 3 aliphatic rings. The van der Waals surface area contributed by atoms with Crippen molar-refractivity contribution in [2.45, 2.75) is 141 Å². The number of fused-ring (bicyclic) bond motifs is 3. The van der Waals surface area contributed by atoms with Crippen molar-refractivity contribution in [2.24, 2.45) is 22.7 Å². The molecule has 56 heavy (non-hydrogen) atoms. The van der Waals surface area contributed by atoms with Gasteiger partial charge in [0.05, 0.1) is 43.5 Å². The Morgan fingerprint density at radius 2 is 1.54 bits per heavy atom. The van der Waals surface area contributed by atoms with Crippen LogP contribution in [0.1, 0.15) is 76.7 Å². The predicted molar refractivity (Wildman–Crippen MR) is 217 cm³/mol. The van der Waals surface area contributed by atoms with Crippen LogP contribution < -0.4 is 4.74 Å². The molecule has 11 nitrogen and oxygen atoms in total. The fourth-order valence-electron chi connectivity index (χ4n) is 8.96. The number of aliphatic hydroxyl groups is 3. The summed E-state index contributed by atoms with van der Waals surface area (Å²) in [5, 5.41) is 38.6. The number of esters is 1. The van der Waals surface area contributed by atoms with Gasteiger partial charge in [0.25, 0.3) is 0 Å². The molecule has 13 heteroatoms. The van der Waals surface area contributed by atoms with Gasteiger partial charge in [-0.25, -0.2) is 4.79 Å². The van der Waals surface area contributed by atoms with Crippen LogP contribution in [0.15, 0.2) is 54.6 Å². The third-order valence-electron chi connectivity index (χ3n) is 13.6. The molecule has 5 rings (SSSR count). The van der Waals surface area contributed by atoms with E-state index in [-0.39, 0.29) is 36.5 Å². The van der Waals surface area contributed by atoms with Crippen LogP contribution in [-0.4, -0.2) is 98.8 Å². The number of methoxy groups -OCH3 is 1. The van der Waals surface area contributed by atoms with Gasteiger partial charge in [-0.1, -0.05) is 65.0 Å². The van der Waals surface area contributed by atoms with Gasteiger partial charge < -0.3 is 38.4 Å². The molecule has 3 fully saturated rings. The minimum absolute atomic E-state index is 0.0198. The molecule has 0 saturated heterocycles. The van der Waals surface area contributed by atoms with E-state index in [4.69, 9.17) is 23.1 Å². The maximum Gasteiger partial charge on any atom is 0.338 e. The number of benzene rings is 2. The van der Waals surface area contributed by atoms with Crippen molar-refractivity contribution >= 4 is 34.2 Å². The van der Waals surface area contributed by atoms with Crippen LogP contribution in [0, 0.1) is 22.7 Å². The maximum absolute atomic E-state index is 16.1. The number of carbonyl (C=O) groups is 3. The quantitative estimate of drug-likeness (QED) is 0.168. The van der Waals surface area contributed by atoms with Gasteiger partial charge in [-0.2, -0.15) is 0 Å². The average molecular weight is 813 g/mol. The van der Waals surface area contributed by atoms with E-state index < -0.39 is 99.1 Å². The lowest BCUT2D eigenvalue weighted by molar-refractivity contribution is -0.289. The molecule has 2 unspecified atom stereocenters. The van der Waals surface area contributed by atoms with E-state index in [1.807, 2.05) is 44.9 Å². The number of ether oxygens (including phenoxy) is 3. The van der Waals surface area contributed by atoms with Gasteiger partial charge in [0.2, 0.25) is 0 Å². The molecule has 0 radical (unpaired) electrons. The average Bonchev–Trinajstić information content (AvgIpc) is 3.11. The zero-order valence-corrected chi connectivity index (χ0v) is 37.3. The second kappa shape index (κ2) is 15.4. The number of hydrogen-bond donors (Lipinski definition) is 3. The number of rotatable bonds is 11. The molecule has 2 aromatic rings. The summed E-state index contributed by atoms with van der Waals surface area (Å²) in [5.41, 5.74) is -7.11. The SMILES string of the molecule is COc1ccc(CO[C@H]2C(=O)[C@@]3(C)C(C(OC(=O)c4ccccc4)[C@]4(O)C(=O)CC[C@H]2C4(C)C)[C@](O)(CO[Si](C)(C)C)[C@@H](O)C[C@@H]3O[Si](C)(C)C(C)(C)C)cc1. The molecule has 0 heterocycles. The molecule has 3 saturated carbocycles. The first kappa shape index (κ1) is 44.3. The van der Waals surface area contributed by atoms with Crippen LogP contribution in [0.3, 0.4) is 0 Å². The number of carbonyl (C=O) groups excluding carboxylic acids is 3. The molecule has 3 aliphatic carbocycles. The van der Waals surface area contributed by atoms with Crippen LogP contribution >= 0.6 is 0 Å². The summed E-state index contributed by atoms with van der Waals surface area (Å²) in [4.78, 5) is 44.9. The van der Waals surface area contributed by atoms with Crippen molar-refractivity contribution in [3.05, 3.63) is 65.7 Å². The fourth-order valence-corrected chi connectivity index (χ4v) is 11.0. The highest BCUT2D eigenvalue weighted by molar-refractivity contribution is 6.74. The predicted octanol–water partition coefficient (Wildman–Crippen LogP) is 6.49. The van der Waals surface area contributed by atoms with Crippen LogP contribution in [0.5, 0.6) is 5.75 Å². The van der Waals surface area contributed by atoms with E-state index in [1.165, 1.54) is 0 Å². The number of Topliss-reactive ketones (excluding diaryl/α,β-unsaturated/α-hetero) is 2. The number of hydrogen-bond acceptors (Lipinski definition) is 11. The summed E-state index contributed by atoms with van der Waals surface area (Å²) >= 11 is 0. The summed E-state index contributed by atoms with van der Waals surface area (Å²) in [5.74, 6) is -3.56. The van der Waals surface area contributed by atoms with Gasteiger partial charge in [0, 0.05) is 30.1 Å². The first-order valence-corrected chi connectivity index (χ1v) is 26.1. The lowest BCUT2D eigenvalue weighted by Crippen LogP contribution is -2.80. The highest BCUT2D eigenvalue weighted by atomic mass is 28.4. The molecule has 310 valence electrons. The summed E-state index contributed by atoms with van der Waals surface area (Å²) in [6.45, 7) is 20.7. The number of aliphatic hydroxyl groups excluding tert-OH is 1. The minimum atomic E-state index is -2.76. The van der Waals surface area contributed by atoms with Gasteiger partial charge in [0.1, 0.15) is 23.6 Å². The van der Waals surface area contributed by atoms with Crippen LogP contribution in [0.4, 0.5) is 0 Å². The van der Waals surface area contributed by atoms with E-state index in [0.29, 0.717) is 5.75 Å². The van der Waals surface area contributed by atoms with Gasteiger partial charge in [0.15, 0.2) is 33.8 Å². The summed E-state index contributed by atoms with van der Waals surface area (Å²) in [6, 6.07) is 15.5. The molecule has 0 amide bonds. The topological polar surface area (TPSA) is 158 Å². The van der Waals surface area contributed by atoms with Crippen molar-refractivity contribution < 1.29 is 52.8 Å². The van der Waals surface area contributed by atoms with E-state index in [9.17, 15) is 24.9 Å². The first-order chi connectivity index (χ1) is 25.8. The monoisotopic (exact) mass is 812 g/mol. The number of ketones is 2. The van der Waals surface area contributed by atoms with E-state index in [1.54, 1.807) is 70.3 Å². The Morgan fingerprint density at radius 3 is 2.09 bits per heavy atom. The molecule has 0 spiro atoms. The zero-order valence-electron chi connectivity index (χ0n) is 35.3. The Morgan fingerprint density at radius 1 is 0.929 bits per heavy atom. The van der Waals surface area contributed by atoms with Crippen molar-refractivity contribution in [2.75, 3.05) is 13.7 Å². The second-order valence-electron chi connectivity index (χ2n) is 19.5.